The van der Waals surface area contributed by atoms with Crippen molar-refractivity contribution in [2.45, 2.75) is 23.7 Å². The summed E-state index contributed by atoms with van der Waals surface area (Å²) in [4.78, 5) is -0.528. The van der Waals surface area contributed by atoms with E-state index >= 15 is 0 Å². The van der Waals surface area contributed by atoms with E-state index in [1.807, 2.05) is 0 Å². The van der Waals surface area contributed by atoms with Gasteiger partial charge in [-0.05, 0) is 17.7 Å². The number of hydrogen-bond acceptors (Lipinski definition) is 3. The van der Waals surface area contributed by atoms with Gasteiger partial charge in [-0.25, -0.2) is 30.4 Å². The second kappa shape index (κ2) is 5.98. The molecule has 0 aliphatic heterocycles. The molecule has 1 aliphatic carbocycles. The highest BCUT2D eigenvalue weighted by Crippen LogP contribution is 2.43. The Morgan fingerprint density at radius 1 is 1.00 bits per heavy atom. The molecular weight excluding hydrogens is 367 g/mol. The van der Waals surface area contributed by atoms with E-state index in [0.717, 1.165) is 24.3 Å². The van der Waals surface area contributed by atoms with Gasteiger partial charge in [0.05, 0.1) is 4.90 Å². The third-order valence-corrected chi connectivity index (χ3v) is 5.10. The lowest BCUT2D eigenvalue weighted by atomic mass is 10.1. The number of ether oxygens (including phenoxy) is 1. The Morgan fingerprint density at radius 2 is 1.60 bits per heavy atom. The molecule has 0 unspecified atom stereocenters. The Bertz CT molecular complexity index is 921. The summed E-state index contributed by atoms with van der Waals surface area (Å²) in [5.74, 6) is -5.50. The van der Waals surface area contributed by atoms with Crippen molar-refractivity contribution in [3.63, 3.8) is 0 Å². The number of rotatable bonds is 4. The van der Waals surface area contributed by atoms with Gasteiger partial charge in [0.2, 0.25) is 9.84 Å². The average molecular weight is 378 g/mol. The molecule has 0 spiro atoms. The van der Waals surface area contributed by atoms with Crippen LogP contribution in [0.25, 0.3) is 0 Å². The first-order valence-corrected chi connectivity index (χ1v) is 8.72. The zero-order valence-electron chi connectivity index (χ0n) is 12.5. The Morgan fingerprint density at radius 3 is 2.20 bits per heavy atom. The molecule has 0 saturated heterocycles. The topological polar surface area (TPSA) is 43.4 Å². The lowest BCUT2D eigenvalue weighted by Crippen LogP contribution is -2.15. The maximum atomic E-state index is 13.8. The van der Waals surface area contributed by atoms with Crippen LogP contribution < -0.4 is 4.74 Å². The van der Waals surface area contributed by atoms with E-state index in [4.69, 9.17) is 4.74 Å². The molecule has 0 aromatic heterocycles. The monoisotopic (exact) mass is 378 g/mol. The number of fused-ring (bicyclic) bond motifs is 1. The minimum Gasteiger partial charge on any atom is -0.457 e. The third-order valence-electron chi connectivity index (χ3n) is 3.76. The van der Waals surface area contributed by atoms with Crippen molar-refractivity contribution in [3.8, 4) is 11.5 Å². The minimum atomic E-state index is -4.35. The molecule has 2 aromatic carbocycles. The summed E-state index contributed by atoms with van der Waals surface area (Å²) >= 11 is 0. The number of benzene rings is 2. The predicted molar refractivity (Wildman–Crippen MR) is 78.4 cm³/mol. The summed E-state index contributed by atoms with van der Waals surface area (Å²) in [5.41, 5.74) is -0.360. The second-order valence-electron chi connectivity index (χ2n) is 5.66. The first-order valence-electron chi connectivity index (χ1n) is 7.06. The van der Waals surface area contributed by atoms with Gasteiger partial charge < -0.3 is 4.74 Å². The normalized spacial score (nSPS) is 15.9. The zero-order valence-corrected chi connectivity index (χ0v) is 13.3. The molecule has 0 saturated carbocycles. The van der Waals surface area contributed by atoms with Crippen molar-refractivity contribution in [1.29, 1.82) is 0 Å². The van der Waals surface area contributed by atoms with Crippen LogP contribution in [-0.2, 0) is 22.7 Å². The third kappa shape index (κ3) is 3.46. The molecule has 0 fully saturated rings. The lowest BCUT2D eigenvalue weighted by molar-refractivity contribution is 0.0125. The SMILES string of the molecule is O=S(=O)(CF)c1ccc(Oc2cc(F)cc(F)c2)c2c1CC(F)(F)C2. The van der Waals surface area contributed by atoms with Crippen molar-refractivity contribution >= 4 is 9.84 Å². The lowest BCUT2D eigenvalue weighted by Gasteiger charge is -2.13. The largest absolute Gasteiger partial charge is 0.457 e. The molecule has 25 heavy (non-hydrogen) atoms. The molecule has 0 heterocycles. The quantitative estimate of drug-likeness (QED) is 0.750. The van der Waals surface area contributed by atoms with Crippen LogP contribution in [0.15, 0.2) is 35.2 Å². The van der Waals surface area contributed by atoms with E-state index in [1.54, 1.807) is 0 Å². The standard InChI is InChI=1S/C16H11F5O3S/c17-8-25(22,23)15-2-1-14(12-6-16(20,21)7-13(12)15)24-11-4-9(18)3-10(19)5-11/h1-5H,6-8H2. The summed E-state index contributed by atoms with van der Waals surface area (Å²) in [5, 5.41) is 0. The molecule has 9 heteroatoms. The van der Waals surface area contributed by atoms with Crippen LogP contribution in [0.4, 0.5) is 22.0 Å². The van der Waals surface area contributed by atoms with Gasteiger partial charge in [-0.2, -0.15) is 0 Å². The highest BCUT2D eigenvalue weighted by atomic mass is 32.2. The van der Waals surface area contributed by atoms with Gasteiger partial charge in [0.1, 0.15) is 23.1 Å². The van der Waals surface area contributed by atoms with E-state index in [9.17, 15) is 30.4 Å². The van der Waals surface area contributed by atoms with Crippen molar-refractivity contribution in [2.24, 2.45) is 0 Å². The molecule has 0 atom stereocenters. The van der Waals surface area contributed by atoms with Crippen molar-refractivity contribution in [2.75, 3.05) is 6.01 Å². The van der Waals surface area contributed by atoms with Crippen LogP contribution in [0.5, 0.6) is 11.5 Å². The fraction of sp³-hybridized carbons (Fsp3) is 0.250. The predicted octanol–water partition coefficient (Wildman–Crippen LogP) is 4.19. The number of hydrogen-bond donors (Lipinski definition) is 0. The molecule has 0 bridgehead atoms. The summed E-state index contributed by atoms with van der Waals surface area (Å²) < 4.78 is 95.6. The fourth-order valence-corrected chi connectivity index (χ4v) is 3.74. The van der Waals surface area contributed by atoms with Crippen LogP contribution in [-0.4, -0.2) is 20.3 Å². The van der Waals surface area contributed by atoms with E-state index in [2.05, 4.69) is 0 Å². The Kier molecular flexibility index (Phi) is 4.22. The summed E-state index contributed by atoms with van der Waals surface area (Å²) in [6, 6.07) is 2.64. The molecule has 3 nitrogen and oxygen atoms in total. The maximum Gasteiger partial charge on any atom is 0.256 e. The Hall–Kier alpha value is -2.16. The molecular formula is C16H11F5O3S. The fourth-order valence-electron chi connectivity index (χ4n) is 2.78. The molecule has 1 aliphatic rings. The highest BCUT2D eigenvalue weighted by Gasteiger charge is 2.42. The molecule has 3 rings (SSSR count). The van der Waals surface area contributed by atoms with Gasteiger partial charge in [-0.3, -0.25) is 0 Å². The number of halogens is 5. The summed E-state index contributed by atoms with van der Waals surface area (Å²) in [7, 11) is -4.35. The molecule has 0 amide bonds. The first-order chi connectivity index (χ1) is 11.6. The van der Waals surface area contributed by atoms with Gasteiger partial charge in [0.25, 0.3) is 5.92 Å². The van der Waals surface area contributed by atoms with E-state index in [-0.39, 0.29) is 22.6 Å². The van der Waals surface area contributed by atoms with Crippen LogP contribution >= 0.6 is 0 Å². The van der Waals surface area contributed by atoms with Gasteiger partial charge in [-0.1, -0.05) is 0 Å². The van der Waals surface area contributed by atoms with Gasteiger partial charge >= 0.3 is 0 Å². The smallest absolute Gasteiger partial charge is 0.256 e. The summed E-state index contributed by atoms with van der Waals surface area (Å²) in [6.45, 7) is 0. The van der Waals surface area contributed by atoms with Gasteiger partial charge in [0, 0.05) is 36.6 Å². The van der Waals surface area contributed by atoms with Crippen molar-refractivity contribution in [3.05, 3.63) is 53.1 Å². The van der Waals surface area contributed by atoms with Crippen LogP contribution in [0.2, 0.25) is 0 Å². The highest BCUT2D eigenvalue weighted by molar-refractivity contribution is 7.91. The van der Waals surface area contributed by atoms with E-state index in [0.29, 0.717) is 6.07 Å². The van der Waals surface area contributed by atoms with Crippen molar-refractivity contribution < 1.29 is 35.1 Å². The van der Waals surface area contributed by atoms with Crippen LogP contribution in [0.1, 0.15) is 11.1 Å². The van der Waals surface area contributed by atoms with Crippen molar-refractivity contribution in [1.82, 2.24) is 0 Å². The van der Waals surface area contributed by atoms with E-state index < -0.39 is 51.1 Å². The Balaban J connectivity index is 2.10. The number of sulfone groups is 1. The second-order valence-corrected chi connectivity index (χ2v) is 7.55. The minimum absolute atomic E-state index is 0.121. The van der Waals surface area contributed by atoms with Crippen LogP contribution in [0.3, 0.4) is 0 Å². The Labute approximate surface area is 140 Å². The molecule has 0 N–H and O–H groups in total. The zero-order chi connectivity index (χ0) is 18.4. The summed E-state index contributed by atoms with van der Waals surface area (Å²) in [6.07, 6.45) is -1.70. The molecule has 134 valence electrons. The number of alkyl halides is 3. The first kappa shape index (κ1) is 17.7. The van der Waals surface area contributed by atoms with Gasteiger partial charge in [-0.15, -0.1) is 0 Å². The molecule has 2 aromatic rings. The van der Waals surface area contributed by atoms with Crippen LogP contribution in [0, 0.1) is 11.6 Å². The van der Waals surface area contributed by atoms with E-state index in [1.165, 1.54) is 0 Å². The average Bonchev–Trinajstić information content (AvgIpc) is 2.81. The molecule has 0 radical (unpaired) electrons. The maximum absolute atomic E-state index is 13.8. The van der Waals surface area contributed by atoms with Gasteiger partial charge in [0.15, 0.2) is 6.01 Å².